The summed E-state index contributed by atoms with van der Waals surface area (Å²) in [6.45, 7) is 2.82. The number of nitrogens with zero attached hydrogens (tertiary/aromatic N) is 1. The third-order valence-corrected chi connectivity index (χ3v) is 5.63. The summed E-state index contributed by atoms with van der Waals surface area (Å²) in [5.74, 6) is 1.86. The molecule has 0 aromatic carbocycles. The monoisotopic (exact) mass is 279 g/mol. The van der Waals surface area contributed by atoms with E-state index in [1.54, 1.807) is 0 Å². The number of nitrogens with one attached hydrogen (secondary N) is 1. The lowest BCUT2D eigenvalue weighted by atomic mass is 9.44. The maximum atomic E-state index is 12.7. The van der Waals surface area contributed by atoms with Crippen molar-refractivity contribution in [3.8, 4) is 0 Å². The lowest BCUT2D eigenvalue weighted by Gasteiger charge is -2.60. The number of hydrogen-bond donors (Lipinski definition) is 3. The van der Waals surface area contributed by atoms with Crippen LogP contribution in [0.2, 0.25) is 0 Å². The standard InChI is InChI=1S/C15H25N3O2/c1-14-5-10-4-11(6-14)8-15(7-10,9-14)13(19)17-3-2-12(16)18-20/h10-11,20H,2-9H2,1H3,(H2,16,18)(H,17,19). The maximum absolute atomic E-state index is 12.7. The smallest absolute Gasteiger partial charge is 0.226 e. The normalized spacial score (nSPS) is 42.8. The van der Waals surface area contributed by atoms with Crippen molar-refractivity contribution < 1.29 is 10.0 Å². The molecule has 2 unspecified atom stereocenters. The number of carbonyl (C=O) groups excluding carboxylic acids is 1. The molecule has 4 aliphatic rings. The molecule has 4 bridgehead atoms. The molecule has 4 fully saturated rings. The number of amidine groups is 1. The molecule has 1 amide bonds. The number of oxime groups is 1. The first kappa shape index (κ1) is 13.7. The van der Waals surface area contributed by atoms with E-state index < -0.39 is 0 Å². The van der Waals surface area contributed by atoms with E-state index in [0.29, 0.717) is 18.4 Å². The van der Waals surface area contributed by atoms with Gasteiger partial charge in [0.1, 0.15) is 5.84 Å². The van der Waals surface area contributed by atoms with E-state index in [-0.39, 0.29) is 17.2 Å². The van der Waals surface area contributed by atoms with Gasteiger partial charge in [-0.05, 0) is 55.8 Å². The van der Waals surface area contributed by atoms with Crippen molar-refractivity contribution >= 4 is 11.7 Å². The molecule has 4 rings (SSSR count). The van der Waals surface area contributed by atoms with Gasteiger partial charge in [-0.15, -0.1) is 0 Å². The van der Waals surface area contributed by atoms with Crippen LogP contribution in [0, 0.1) is 22.7 Å². The van der Waals surface area contributed by atoms with Crippen LogP contribution in [0.5, 0.6) is 0 Å². The Balaban J connectivity index is 1.65. The minimum absolute atomic E-state index is 0.135. The van der Waals surface area contributed by atoms with E-state index in [2.05, 4.69) is 17.4 Å². The van der Waals surface area contributed by atoms with E-state index >= 15 is 0 Å². The van der Waals surface area contributed by atoms with Crippen molar-refractivity contribution in [2.24, 2.45) is 33.6 Å². The van der Waals surface area contributed by atoms with Gasteiger partial charge < -0.3 is 16.3 Å². The summed E-state index contributed by atoms with van der Waals surface area (Å²) in [4.78, 5) is 12.7. The van der Waals surface area contributed by atoms with Gasteiger partial charge in [-0.1, -0.05) is 12.1 Å². The number of hydrogen-bond acceptors (Lipinski definition) is 3. The first-order valence-electron chi connectivity index (χ1n) is 7.69. The van der Waals surface area contributed by atoms with Gasteiger partial charge >= 0.3 is 0 Å². The largest absolute Gasteiger partial charge is 0.409 e. The Morgan fingerprint density at radius 1 is 1.35 bits per heavy atom. The summed E-state index contributed by atoms with van der Waals surface area (Å²) >= 11 is 0. The number of nitrogens with two attached hydrogens (primary N) is 1. The number of amides is 1. The van der Waals surface area contributed by atoms with Crippen LogP contribution in [0.4, 0.5) is 0 Å². The molecule has 0 heterocycles. The molecule has 4 N–H and O–H groups in total. The molecule has 0 spiro atoms. The zero-order valence-electron chi connectivity index (χ0n) is 12.2. The van der Waals surface area contributed by atoms with Gasteiger partial charge in [0.2, 0.25) is 5.91 Å². The molecule has 20 heavy (non-hydrogen) atoms. The first-order valence-corrected chi connectivity index (χ1v) is 7.69. The maximum Gasteiger partial charge on any atom is 0.226 e. The Hall–Kier alpha value is -1.26. The number of carbonyl (C=O) groups is 1. The molecular formula is C15H25N3O2. The van der Waals surface area contributed by atoms with Crippen molar-refractivity contribution in [2.45, 2.75) is 51.9 Å². The van der Waals surface area contributed by atoms with Gasteiger partial charge in [-0.25, -0.2) is 0 Å². The van der Waals surface area contributed by atoms with Crippen LogP contribution in [0.15, 0.2) is 5.16 Å². The third-order valence-electron chi connectivity index (χ3n) is 5.63. The molecule has 0 radical (unpaired) electrons. The van der Waals surface area contributed by atoms with E-state index in [1.165, 1.54) is 19.3 Å². The molecule has 5 heteroatoms. The van der Waals surface area contributed by atoms with Crippen LogP contribution in [0.3, 0.4) is 0 Å². The van der Waals surface area contributed by atoms with E-state index in [1.807, 2.05) is 0 Å². The van der Waals surface area contributed by atoms with Crippen molar-refractivity contribution in [3.63, 3.8) is 0 Å². The van der Waals surface area contributed by atoms with Crippen LogP contribution in [-0.4, -0.2) is 23.5 Å². The van der Waals surface area contributed by atoms with Gasteiger partial charge in [0.15, 0.2) is 0 Å². The fraction of sp³-hybridized carbons (Fsp3) is 0.867. The third kappa shape index (κ3) is 2.27. The van der Waals surface area contributed by atoms with Gasteiger partial charge in [0.05, 0.1) is 5.41 Å². The first-order chi connectivity index (χ1) is 9.45. The van der Waals surface area contributed by atoms with Crippen LogP contribution in [0.25, 0.3) is 0 Å². The molecule has 4 aliphatic carbocycles. The molecular weight excluding hydrogens is 254 g/mol. The molecule has 0 aliphatic heterocycles. The van der Waals surface area contributed by atoms with Crippen molar-refractivity contribution in [1.29, 1.82) is 0 Å². The minimum atomic E-state index is -0.135. The summed E-state index contributed by atoms with van der Waals surface area (Å²) in [5, 5.41) is 14.5. The SMILES string of the molecule is CC12CC3CC(C1)CC(C(=O)NCCC(N)=NO)(C3)C2. The lowest BCUT2D eigenvalue weighted by Crippen LogP contribution is -2.56. The Morgan fingerprint density at radius 2 is 2.00 bits per heavy atom. The minimum Gasteiger partial charge on any atom is -0.409 e. The Labute approximate surface area is 120 Å². The van der Waals surface area contributed by atoms with E-state index in [4.69, 9.17) is 10.9 Å². The number of rotatable bonds is 4. The highest BCUT2D eigenvalue weighted by molar-refractivity contribution is 5.84. The van der Waals surface area contributed by atoms with E-state index in [9.17, 15) is 4.79 Å². The summed E-state index contributed by atoms with van der Waals surface area (Å²) < 4.78 is 0. The van der Waals surface area contributed by atoms with Crippen LogP contribution in [-0.2, 0) is 4.79 Å². The topological polar surface area (TPSA) is 87.7 Å². The Bertz CT molecular complexity index is 432. The summed E-state index contributed by atoms with van der Waals surface area (Å²) in [6.07, 6.45) is 7.52. The summed E-state index contributed by atoms with van der Waals surface area (Å²) in [7, 11) is 0. The fourth-order valence-electron chi connectivity index (χ4n) is 5.53. The van der Waals surface area contributed by atoms with Gasteiger partial charge in [-0.2, -0.15) is 0 Å². The lowest BCUT2D eigenvalue weighted by molar-refractivity contribution is -0.155. The summed E-state index contributed by atoms with van der Waals surface area (Å²) in [5.41, 5.74) is 5.68. The predicted molar refractivity (Wildman–Crippen MR) is 76.3 cm³/mol. The highest BCUT2D eigenvalue weighted by Gasteiger charge is 2.58. The molecule has 5 nitrogen and oxygen atoms in total. The molecule has 112 valence electrons. The van der Waals surface area contributed by atoms with E-state index in [0.717, 1.165) is 31.1 Å². The second-order valence-electron chi connectivity index (χ2n) is 7.65. The molecule has 4 saturated carbocycles. The Morgan fingerprint density at radius 3 is 2.55 bits per heavy atom. The highest BCUT2D eigenvalue weighted by atomic mass is 16.4. The zero-order valence-corrected chi connectivity index (χ0v) is 12.2. The predicted octanol–water partition coefficient (Wildman–Crippen LogP) is 1.85. The molecule has 0 aromatic heterocycles. The van der Waals surface area contributed by atoms with Crippen molar-refractivity contribution in [3.05, 3.63) is 0 Å². The second-order valence-corrected chi connectivity index (χ2v) is 7.65. The average Bonchev–Trinajstić information content (AvgIpc) is 2.35. The van der Waals surface area contributed by atoms with Gasteiger partial charge in [0, 0.05) is 13.0 Å². The quantitative estimate of drug-likeness (QED) is 0.317. The molecule has 0 saturated heterocycles. The van der Waals surface area contributed by atoms with Gasteiger partial charge in [0.25, 0.3) is 0 Å². The molecule has 0 aromatic rings. The molecule has 2 atom stereocenters. The van der Waals surface area contributed by atoms with Crippen LogP contribution >= 0.6 is 0 Å². The van der Waals surface area contributed by atoms with Crippen LogP contribution < -0.4 is 11.1 Å². The average molecular weight is 279 g/mol. The zero-order chi connectivity index (χ0) is 14.4. The van der Waals surface area contributed by atoms with Gasteiger partial charge in [-0.3, -0.25) is 4.79 Å². The Kier molecular flexibility index (Phi) is 3.18. The van der Waals surface area contributed by atoms with Crippen LogP contribution in [0.1, 0.15) is 51.9 Å². The summed E-state index contributed by atoms with van der Waals surface area (Å²) in [6, 6.07) is 0. The van der Waals surface area contributed by atoms with Crippen molar-refractivity contribution in [2.75, 3.05) is 6.54 Å². The fourth-order valence-corrected chi connectivity index (χ4v) is 5.53. The van der Waals surface area contributed by atoms with Crippen molar-refractivity contribution in [1.82, 2.24) is 5.32 Å². The second kappa shape index (κ2) is 4.64. The highest BCUT2D eigenvalue weighted by Crippen LogP contribution is 2.65.